The van der Waals surface area contributed by atoms with Crippen LogP contribution in [-0.2, 0) is 19.1 Å². The largest absolute Gasteiger partial charge is 0.378 e. The number of ether oxygens (including phenoxy) is 2. The third kappa shape index (κ3) is 4.73. The van der Waals surface area contributed by atoms with Crippen LogP contribution in [0.4, 0.5) is 4.79 Å². The first-order valence-electron chi connectivity index (χ1n) is 9.51. The lowest BCUT2D eigenvalue weighted by Crippen LogP contribution is -2.56. The van der Waals surface area contributed by atoms with Gasteiger partial charge >= 0.3 is 6.03 Å². The van der Waals surface area contributed by atoms with Gasteiger partial charge in [-0.3, -0.25) is 9.59 Å². The maximum Gasteiger partial charge on any atom is 0.318 e. The van der Waals surface area contributed by atoms with Gasteiger partial charge in [0.05, 0.1) is 19.8 Å². The number of morpholine rings is 1. The van der Waals surface area contributed by atoms with Gasteiger partial charge in [0.1, 0.15) is 18.7 Å². The first-order valence-corrected chi connectivity index (χ1v) is 9.51. The van der Waals surface area contributed by atoms with Crippen molar-refractivity contribution >= 4 is 17.7 Å². The van der Waals surface area contributed by atoms with Crippen molar-refractivity contribution in [2.75, 3.05) is 39.5 Å². The molecule has 2 aliphatic heterocycles. The highest BCUT2D eigenvalue weighted by Gasteiger charge is 2.37. The van der Waals surface area contributed by atoms with E-state index in [9.17, 15) is 14.4 Å². The third-order valence-electron chi connectivity index (χ3n) is 5.65. The highest BCUT2D eigenvalue weighted by Crippen LogP contribution is 2.41. The summed E-state index contributed by atoms with van der Waals surface area (Å²) in [4.78, 5) is 38.8. The third-order valence-corrected chi connectivity index (χ3v) is 5.65. The molecule has 8 heteroatoms. The lowest BCUT2D eigenvalue weighted by Gasteiger charge is -2.32. The van der Waals surface area contributed by atoms with Crippen LogP contribution in [0.5, 0.6) is 0 Å². The van der Waals surface area contributed by atoms with Crippen LogP contribution in [0.15, 0.2) is 0 Å². The zero-order valence-corrected chi connectivity index (χ0v) is 15.4. The summed E-state index contributed by atoms with van der Waals surface area (Å²) in [6, 6.07) is -1.51. The van der Waals surface area contributed by atoms with Gasteiger partial charge < -0.3 is 25.0 Å². The number of amides is 3. The Balaban J connectivity index is 1.64. The first kappa shape index (κ1) is 19.1. The summed E-state index contributed by atoms with van der Waals surface area (Å²) in [6.07, 6.45) is 4.98. The summed E-state index contributed by atoms with van der Waals surface area (Å²) >= 11 is 0. The molecule has 1 saturated carbocycles. The lowest BCUT2D eigenvalue weighted by molar-refractivity contribution is -0.127. The molecule has 0 spiro atoms. The number of hydrogen-bond acceptors (Lipinski definition) is 5. The summed E-state index contributed by atoms with van der Waals surface area (Å²) < 4.78 is 10.4. The summed E-state index contributed by atoms with van der Waals surface area (Å²) in [5.41, 5.74) is 0.0382. The van der Waals surface area contributed by atoms with E-state index in [0.717, 1.165) is 25.7 Å². The second kappa shape index (κ2) is 8.35. The number of nitrogens with zero attached hydrogens (tertiary/aromatic N) is 1. The lowest BCUT2D eigenvalue weighted by atomic mass is 9.81. The summed E-state index contributed by atoms with van der Waals surface area (Å²) in [6.45, 7) is 4.47. The molecule has 0 radical (unpaired) electrons. The van der Waals surface area contributed by atoms with E-state index >= 15 is 0 Å². The Bertz CT molecular complexity index is 541. The van der Waals surface area contributed by atoms with Crippen LogP contribution in [0.25, 0.3) is 0 Å². The predicted molar refractivity (Wildman–Crippen MR) is 93.7 cm³/mol. The Morgan fingerprint density at radius 3 is 2.54 bits per heavy atom. The second-order valence-corrected chi connectivity index (χ2v) is 7.87. The van der Waals surface area contributed by atoms with Crippen LogP contribution in [0, 0.1) is 5.41 Å². The molecule has 3 rings (SSSR count). The standard InChI is InChI=1S/C18H29N3O5/c1-18(4-2-3-5-18)10-13(16(23)19-14-11-26-12-15(14)22)20-17(24)21-6-8-25-9-7-21/h13-14H,2-12H2,1H3,(H,19,23)(H,20,24)/t13-,14?/m0/s1. The molecule has 2 N–H and O–H groups in total. The molecule has 8 nitrogen and oxygen atoms in total. The Morgan fingerprint density at radius 2 is 1.92 bits per heavy atom. The second-order valence-electron chi connectivity index (χ2n) is 7.87. The Morgan fingerprint density at radius 1 is 1.23 bits per heavy atom. The summed E-state index contributed by atoms with van der Waals surface area (Å²) in [5, 5.41) is 5.65. The number of carbonyl (C=O) groups is 3. The maximum atomic E-state index is 12.8. The van der Waals surface area contributed by atoms with Crippen LogP contribution in [0.3, 0.4) is 0 Å². The van der Waals surface area contributed by atoms with Gasteiger partial charge in [0.2, 0.25) is 5.91 Å². The van der Waals surface area contributed by atoms with Crippen LogP contribution >= 0.6 is 0 Å². The monoisotopic (exact) mass is 367 g/mol. The SMILES string of the molecule is CC1(C[C@H](NC(=O)N2CCOCC2)C(=O)NC2COCC2=O)CCCC1. The minimum Gasteiger partial charge on any atom is -0.378 e. The minimum absolute atomic E-state index is 0.0352. The van der Waals surface area contributed by atoms with E-state index in [1.807, 2.05) is 0 Å². The summed E-state index contributed by atoms with van der Waals surface area (Å²) in [5.74, 6) is -0.424. The fourth-order valence-electron chi connectivity index (χ4n) is 4.01. The van der Waals surface area contributed by atoms with E-state index in [1.54, 1.807) is 4.90 Å². The van der Waals surface area contributed by atoms with Crippen molar-refractivity contribution in [3.8, 4) is 0 Å². The molecule has 1 aliphatic carbocycles. The quantitative estimate of drug-likeness (QED) is 0.735. The van der Waals surface area contributed by atoms with Crippen molar-refractivity contribution < 1.29 is 23.9 Å². The van der Waals surface area contributed by atoms with Gasteiger partial charge in [-0.25, -0.2) is 4.79 Å². The van der Waals surface area contributed by atoms with Crippen molar-refractivity contribution in [1.29, 1.82) is 0 Å². The van der Waals surface area contributed by atoms with Crippen LogP contribution in [0.2, 0.25) is 0 Å². The number of urea groups is 1. The van der Waals surface area contributed by atoms with Gasteiger partial charge in [-0.2, -0.15) is 0 Å². The normalized spacial score (nSPS) is 26.6. The smallest absolute Gasteiger partial charge is 0.318 e. The first-order chi connectivity index (χ1) is 12.5. The number of ketones is 1. The molecule has 0 aromatic rings. The zero-order chi connectivity index (χ0) is 18.6. The van der Waals surface area contributed by atoms with Crippen molar-refractivity contribution in [2.24, 2.45) is 5.41 Å². The van der Waals surface area contributed by atoms with Gasteiger partial charge in [0, 0.05) is 13.1 Å². The van der Waals surface area contributed by atoms with Crippen molar-refractivity contribution in [1.82, 2.24) is 15.5 Å². The van der Waals surface area contributed by atoms with E-state index < -0.39 is 12.1 Å². The Labute approximate surface area is 153 Å². The van der Waals surface area contributed by atoms with Gasteiger partial charge in [-0.1, -0.05) is 19.8 Å². The Hall–Kier alpha value is -1.67. The topological polar surface area (TPSA) is 97.0 Å². The molecule has 0 aromatic carbocycles. The molecule has 2 saturated heterocycles. The average molecular weight is 367 g/mol. The molecule has 0 bridgehead atoms. The summed E-state index contributed by atoms with van der Waals surface area (Å²) in [7, 11) is 0. The van der Waals surface area contributed by atoms with E-state index in [-0.39, 0.29) is 36.4 Å². The van der Waals surface area contributed by atoms with E-state index in [2.05, 4.69) is 17.6 Å². The molecule has 2 heterocycles. The highest BCUT2D eigenvalue weighted by molar-refractivity contribution is 5.94. The molecule has 146 valence electrons. The van der Waals surface area contributed by atoms with E-state index in [1.165, 1.54) is 0 Å². The number of carbonyl (C=O) groups excluding carboxylic acids is 3. The average Bonchev–Trinajstić information content (AvgIpc) is 3.24. The molecular formula is C18H29N3O5. The fourth-order valence-corrected chi connectivity index (χ4v) is 4.01. The van der Waals surface area contributed by atoms with Gasteiger partial charge in [0.15, 0.2) is 5.78 Å². The van der Waals surface area contributed by atoms with Gasteiger partial charge in [-0.05, 0) is 24.7 Å². The van der Waals surface area contributed by atoms with Crippen LogP contribution in [-0.4, -0.2) is 74.2 Å². The van der Waals surface area contributed by atoms with Crippen molar-refractivity contribution in [2.45, 2.75) is 51.1 Å². The molecule has 3 amide bonds. The number of rotatable bonds is 5. The van der Waals surface area contributed by atoms with Gasteiger partial charge in [-0.15, -0.1) is 0 Å². The number of Topliss-reactive ketones (excluding diaryl/α,β-unsaturated/α-hetero) is 1. The number of nitrogens with one attached hydrogen (secondary N) is 2. The maximum absolute atomic E-state index is 12.8. The fraction of sp³-hybridized carbons (Fsp3) is 0.833. The van der Waals surface area contributed by atoms with E-state index in [4.69, 9.17) is 9.47 Å². The molecule has 3 fully saturated rings. The predicted octanol–water partition coefficient (Wildman–Crippen LogP) is 0.451. The van der Waals surface area contributed by atoms with Crippen LogP contribution in [0.1, 0.15) is 39.0 Å². The minimum atomic E-state index is -0.651. The molecule has 0 aromatic heterocycles. The van der Waals surface area contributed by atoms with E-state index in [0.29, 0.717) is 32.7 Å². The molecule has 26 heavy (non-hydrogen) atoms. The molecule has 3 aliphatic rings. The molecule has 2 atom stereocenters. The molecular weight excluding hydrogens is 338 g/mol. The van der Waals surface area contributed by atoms with Crippen molar-refractivity contribution in [3.05, 3.63) is 0 Å². The number of hydrogen-bond donors (Lipinski definition) is 2. The van der Waals surface area contributed by atoms with Gasteiger partial charge in [0.25, 0.3) is 0 Å². The molecule has 1 unspecified atom stereocenters. The Kier molecular flexibility index (Phi) is 6.13. The van der Waals surface area contributed by atoms with Crippen LogP contribution < -0.4 is 10.6 Å². The van der Waals surface area contributed by atoms with Crippen molar-refractivity contribution in [3.63, 3.8) is 0 Å². The zero-order valence-electron chi connectivity index (χ0n) is 15.4. The highest BCUT2D eigenvalue weighted by atomic mass is 16.5.